The molecule has 142 valence electrons. The van der Waals surface area contributed by atoms with Crippen LogP contribution in [0.15, 0.2) is 73.1 Å². The van der Waals surface area contributed by atoms with Gasteiger partial charge < -0.3 is 21.8 Å². The third-order valence-electron chi connectivity index (χ3n) is 4.29. The third kappa shape index (κ3) is 4.94. The zero-order valence-electron chi connectivity index (χ0n) is 15.6. The molecule has 5 N–H and O–H groups in total. The average Bonchev–Trinajstić information content (AvgIpc) is 2.70. The number of aromatic nitrogens is 1. The van der Waals surface area contributed by atoms with E-state index in [2.05, 4.69) is 15.6 Å². The summed E-state index contributed by atoms with van der Waals surface area (Å²) in [5.41, 5.74) is 9.69. The maximum absolute atomic E-state index is 12.4. The predicted molar refractivity (Wildman–Crippen MR) is 114 cm³/mol. The van der Waals surface area contributed by atoms with Crippen LogP contribution in [0.25, 0.3) is 0 Å². The molecule has 0 aliphatic carbocycles. The van der Waals surface area contributed by atoms with Gasteiger partial charge in [-0.1, -0.05) is 24.3 Å². The molecule has 6 heteroatoms. The normalized spacial score (nSPS) is 11.5. The first-order valence-corrected chi connectivity index (χ1v) is 9.03. The highest BCUT2D eigenvalue weighted by molar-refractivity contribution is 6.06. The molecule has 3 rings (SSSR count). The van der Waals surface area contributed by atoms with Gasteiger partial charge in [-0.15, -0.1) is 0 Å². The van der Waals surface area contributed by atoms with Crippen LogP contribution in [0.2, 0.25) is 0 Å². The minimum Gasteiger partial charge on any atom is -0.397 e. The highest BCUT2D eigenvalue weighted by Gasteiger charge is 2.11. The standard InChI is InChI=1S/C22H23N5O/c1-15(26-18-5-4-12-25-14-18)13-20(24)16-8-10-17(11-9-16)22(28)27-21-7-3-2-6-19(21)23/h2-12,14-15,24,26H,13,23H2,1H3,(H,27,28)/t15-/m0/s1. The highest BCUT2D eigenvalue weighted by Crippen LogP contribution is 2.18. The Bertz CT molecular complexity index is 954. The lowest BCUT2D eigenvalue weighted by molar-refractivity contribution is 0.102. The van der Waals surface area contributed by atoms with Crippen molar-refractivity contribution < 1.29 is 4.79 Å². The Morgan fingerprint density at radius 1 is 1.07 bits per heavy atom. The predicted octanol–water partition coefficient (Wildman–Crippen LogP) is 4.17. The summed E-state index contributed by atoms with van der Waals surface area (Å²) in [6.07, 6.45) is 4.04. The molecule has 1 aromatic heterocycles. The van der Waals surface area contributed by atoms with Crippen LogP contribution in [0, 0.1) is 5.41 Å². The molecule has 0 fully saturated rings. The third-order valence-corrected chi connectivity index (χ3v) is 4.29. The van der Waals surface area contributed by atoms with Gasteiger partial charge in [0.25, 0.3) is 5.91 Å². The van der Waals surface area contributed by atoms with Crippen LogP contribution in [-0.4, -0.2) is 22.6 Å². The molecule has 1 amide bonds. The van der Waals surface area contributed by atoms with Crippen molar-refractivity contribution in [2.45, 2.75) is 19.4 Å². The summed E-state index contributed by atoms with van der Waals surface area (Å²) in [5.74, 6) is -0.234. The van der Waals surface area contributed by atoms with E-state index >= 15 is 0 Å². The number of hydrogen-bond donors (Lipinski definition) is 4. The van der Waals surface area contributed by atoms with Gasteiger partial charge in [0, 0.05) is 36.1 Å². The van der Waals surface area contributed by atoms with Gasteiger partial charge in [-0.3, -0.25) is 9.78 Å². The molecule has 0 aliphatic heterocycles. The Balaban J connectivity index is 1.59. The lowest BCUT2D eigenvalue weighted by atomic mass is 10.0. The number of nitrogen functional groups attached to an aromatic ring is 1. The van der Waals surface area contributed by atoms with Crippen molar-refractivity contribution in [1.29, 1.82) is 5.41 Å². The van der Waals surface area contributed by atoms with E-state index in [1.165, 1.54) is 0 Å². The quantitative estimate of drug-likeness (QED) is 0.368. The first-order valence-electron chi connectivity index (χ1n) is 9.03. The van der Waals surface area contributed by atoms with E-state index in [0.717, 1.165) is 11.3 Å². The Morgan fingerprint density at radius 2 is 1.79 bits per heavy atom. The lowest BCUT2D eigenvalue weighted by Crippen LogP contribution is -2.20. The summed E-state index contributed by atoms with van der Waals surface area (Å²) >= 11 is 0. The van der Waals surface area contributed by atoms with E-state index in [-0.39, 0.29) is 11.9 Å². The van der Waals surface area contributed by atoms with Gasteiger partial charge in [0.2, 0.25) is 0 Å². The number of benzene rings is 2. The van der Waals surface area contributed by atoms with Gasteiger partial charge in [-0.05, 0) is 48.9 Å². The number of carbonyl (C=O) groups is 1. The van der Waals surface area contributed by atoms with Crippen molar-refractivity contribution in [2.75, 3.05) is 16.4 Å². The minimum atomic E-state index is -0.234. The Kier molecular flexibility index (Phi) is 6.01. The van der Waals surface area contributed by atoms with Crippen LogP contribution >= 0.6 is 0 Å². The fourth-order valence-electron chi connectivity index (χ4n) is 2.84. The van der Waals surface area contributed by atoms with Crippen LogP contribution < -0.4 is 16.4 Å². The van der Waals surface area contributed by atoms with Gasteiger partial charge in [-0.2, -0.15) is 0 Å². The maximum Gasteiger partial charge on any atom is 0.255 e. The second-order valence-electron chi connectivity index (χ2n) is 6.59. The monoisotopic (exact) mass is 373 g/mol. The highest BCUT2D eigenvalue weighted by atomic mass is 16.1. The van der Waals surface area contributed by atoms with E-state index in [4.69, 9.17) is 11.1 Å². The molecular weight excluding hydrogens is 350 g/mol. The molecule has 0 bridgehead atoms. The molecule has 0 spiro atoms. The van der Waals surface area contributed by atoms with Crippen molar-refractivity contribution in [3.63, 3.8) is 0 Å². The number of para-hydroxylation sites is 2. The molecule has 0 radical (unpaired) electrons. The second kappa shape index (κ2) is 8.81. The van der Waals surface area contributed by atoms with Crippen LogP contribution in [-0.2, 0) is 0 Å². The molecule has 0 saturated heterocycles. The van der Waals surface area contributed by atoms with Crippen molar-refractivity contribution in [2.24, 2.45) is 0 Å². The van der Waals surface area contributed by atoms with Gasteiger partial charge in [0.15, 0.2) is 0 Å². The number of nitrogens with two attached hydrogens (primary N) is 1. The molecule has 1 atom stereocenters. The zero-order chi connectivity index (χ0) is 19.9. The molecule has 28 heavy (non-hydrogen) atoms. The van der Waals surface area contributed by atoms with Crippen molar-refractivity contribution in [3.05, 3.63) is 84.2 Å². The number of anilines is 3. The van der Waals surface area contributed by atoms with Gasteiger partial charge in [0.1, 0.15) is 0 Å². The summed E-state index contributed by atoms with van der Waals surface area (Å²) in [7, 11) is 0. The van der Waals surface area contributed by atoms with Crippen LogP contribution in [0.4, 0.5) is 17.1 Å². The second-order valence-corrected chi connectivity index (χ2v) is 6.59. The van der Waals surface area contributed by atoms with E-state index < -0.39 is 0 Å². The van der Waals surface area contributed by atoms with Crippen molar-refractivity contribution in [1.82, 2.24) is 4.98 Å². The number of carbonyl (C=O) groups excluding carboxylic acids is 1. The first-order chi connectivity index (χ1) is 13.5. The fraction of sp³-hybridized carbons (Fsp3) is 0.136. The number of hydrogen-bond acceptors (Lipinski definition) is 5. The van der Waals surface area contributed by atoms with E-state index in [1.807, 2.05) is 31.2 Å². The van der Waals surface area contributed by atoms with E-state index in [9.17, 15) is 4.79 Å². The first kappa shape index (κ1) is 19.1. The molecule has 3 aromatic rings. The smallest absolute Gasteiger partial charge is 0.255 e. The fourth-order valence-corrected chi connectivity index (χ4v) is 2.84. The SMILES string of the molecule is C[C@@H](CC(=N)c1ccc(C(=O)Nc2ccccc2N)cc1)Nc1cccnc1. The van der Waals surface area contributed by atoms with Gasteiger partial charge in [-0.25, -0.2) is 0 Å². The molecular formula is C22H23N5O. The van der Waals surface area contributed by atoms with Gasteiger partial charge in [0.05, 0.1) is 17.1 Å². The number of amides is 1. The zero-order valence-corrected chi connectivity index (χ0v) is 15.6. The minimum absolute atomic E-state index is 0.0840. The topological polar surface area (TPSA) is 104 Å². The summed E-state index contributed by atoms with van der Waals surface area (Å²) < 4.78 is 0. The molecule has 2 aromatic carbocycles. The summed E-state index contributed by atoms with van der Waals surface area (Å²) in [6.45, 7) is 2.02. The number of rotatable bonds is 7. The van der Waals surface area contributed by atoms with E-state index in [1.54, 1.807) is 48.8 Å². The summed E-state index contributed by atoms with van der Waals surface area (Å²) in [6, 6.07) is 18.1. The maximum atomic E-state index is 12.4. The largest absolute Gasteiger partial charge is 0.397 e. The van der Waals surface area contributed by atoms with Crippen molar-refractivity contribution >= 4 is 28.7 Å². The number of nitrogens with zero attached hydrogens (tertiary/aromatic N) is 1. The Labute approximate surface area is 164 Å². The Hall–Kier alpha value is -3.67. The molecule has 0 aliphatic rings. The number of nitrogens with one attached hydrogen (secondary N) is 3. The number of pyridine rings is 1. The van der Waals surface area contributed by atoms with E-state index in [0.29, 0.717) is 29.1 Å². The van der Waals surface area contributed by atoms with Crippen LogP contribution in [0.3, 0.4) is 0 Å². The molecule has 1 heterocycles. The van der Waals surface area contributed by atoms with Gasteiger partial charge >= 0.3 is 0 Å². The molecule has 0 saturated carbocycles. The summed E-state index contributed by atoms with van der Waals surface area (Å²) in [5, 5.41) is 14.5. The lowest BCUT2D eigenvalue weighted by Gasteiger charge is -2.15. The molecule has 0 unspecified atom stereocenters. The van der Waals surface area contributed by atoms with Crippen LogP contribution in [0.1, 0.15) is 29.3 Å². The summed E-state index contributed by atoms with van der Waals surface area (Å²) in [4.78, 5) is 16.5. The van der Waals surface area contributed by atoms with Crippen molar-refractivity contribution in [3.8, 4) is 0 Å². The average molecular weight is 373 g/mol. The Morgan fingerprint density at radius 3 is 2.46 bits per heavy atom. The van der Waals surface area contributed by atoms with Crippen LogP contribution in [0.5, 0.6) is 0 Å². The molecule has 6 nitrogen and oxygen atoms in total.